The molecule has 4 rings (SSSR count). The van der Waals surface area contributed by atoms with Crippen molar-refractivity contribution in [3.63, 3.8) is 0 Å². The number of fused-ring (bicyclic) bond motifs is 1. The van der Waals surface area contributed by atoms with E-state index in [4.69, 9.17) is 5.73 Å². The molecule has 9 heteroatoms. The average Bonchev–Trinajstić information content (AvgIpc) is 3.37. The number of pyridine rings is 1. The predicted molar refractivity (Wildman–Crippen MR) is 93.5 cm³/mol. The molecule has 0 radical (unpaired) electrons. The lowest BCUT2D eigenvalue weighted by Crippen LogP contribution is -2.18. The number of carbonyl (C=O) groups excluding carboxylic acids is 1. The molecule has 3 aromatic rings. The lowest BCUT2D eigenvalue weighted by molar-refractivity contribution is 0.1000. The summed E-state index contributed by atoms with van der Waals surface area (Å²) in [6, 6.07) is 4.17. The summed E-state index contributed by atoms with van der Waals surface area (Å²) in [5.74, 6) is -1.31. The van der Waals surface area contributed by atoms with Gasteiger partial charge in [0, 0.05) is 16.5 Å². The second kappa shape index (κ2) is 5.60. The van der Waals surface area contributed by atoms with E-state index in [1.54, 1.807) is 13.0 Å². The van der Waals surface area contributed by atoms with Crippen LogP contribution in [0.15, 0.2) is 30.6 Å². The third kappa shape index (κ3) is 2.55. The number of carbonyl (C=O) groups is 1. The number of halogens is 1. The molecule has 0 unspecified atom stereocenters. The summed E-state index contributed by atoms with van der Waals surface area (Å²) in [5.41, 5.74) is 6.79. The van der Waals surface area contributed by atoms with E-state index in [1.165, 1.54) is 18.5 Å². The fraction of sp³-hybridized carbons (Fsp3) is 0.235. The molecule has 2 heterocycles. The Bertz CT molecular complexity index is 1170. The fourth-order valence-electron chi connectivity index (χ4n) is 2.85. The Balaban J connectivity index is 1.86. The molecule has 7 nitrogen and oxygen atoms in total. The Morgan fingerprint density at radius 3 is 2.65 bits per heavy atom. The first kappa shape index (κ1) is 16.6. The summed E-state index contributed by atoms with van der Waals surface area (Å²) in [6.07, 6.45) is 4.09. The highest BCUT2D eigenvalue weighted by Crippen LogP contribution is 2.32. The number of benzene rings is 1. The van der Waals surface area contributed by atoms with Gasteiger partial charge in [0.05, 0.1) is 23.3 Å². The van der Waals surface area contributed by atoms with Crippen LogP contribution in [0.5, 0.6) is 0 Å². The SMILES string of the molecule is Cc1c(F)cc(C(N)=O)cc1-c1cc2cnn(S(=O)(=O)C3CC3)c2cn1. The molecule has 1 amide bonds. The van der Waals surface area contributed by atoms with Crippen LogP contribution in [-0.4, -0.2) is 33.7 Å². The molecule has 1 fully saturated rings. The van der Waals surface area contributed by atoms with Crippen molar-refractivity contribution in [2.75, 3.05) is 0 Å². The second-order valence-corrected chi connectivity index (χ2v) is 8.40. The molecule has 1 saturated carbocycles. The Kier molecular flexibility index (Phi) is 3.58. The Morgan fingerprint density at radius 1 is 1.27 bits per heavy atom. The first-order valence-electron chi connectivity index (χ1n) is 7.97. The normalized spacial score (nSPS) is 14.7. The molecule has 0 bridgehead atoms. The number of hydrogen-bond donors (Lipinski definition) is 1. The van der Waals surface area contributed by atoms with Crippen LogP contribution in [0.3, 0.4) is 0 Å². The van der Waals surface area contributed by atoms with Gasteiger partial charge in [-0.3, -0.25) is 9.78 Å². The Morgan fingerprint density at radius 2 is 2.00 bits per heavy atom. The van der Waals surface area contributed by atoms with Crippen molar-refractivity contribution in [2.24, 2.45) is 5.73 Å². The zero-order chi connectivity index (χ0) is 18.6. The van der Waals surface area contributed by atoms with Crippen LogP contribution in [0, 0.1) is 12.7 Å². The van der Waals surface area contributed by atoms with Crippen molar-refractivity contribution >= 4 is 26.8 Å². The van der Waals surface area contributed by atoms with Gasteiger partial charge in [-0.25, -0.2) is 12.8 Å². The van der Waals surface area contributed by atoms with Gasteiger partial charge in [-0.05, 0) is 43.5 Å². The largest absolute Gasteiger partial charge is 0.366 e. The maximum absolute atomic E-state index is 14.1. The van der Waals surface area contributed by atoms with E-state index < -0.39 is 27.0 Å². The molecule has 2 aromatic heterocycles. The van der Waals surface area contributed by atoms with E-state index in [1.807, 2.05) is 0 Å². The molecule has 1 aliphatic rings. The van der Waals surface area contributed by atoms with Gasteiger partial charge in [0.2, 0.25) is 5.91 Å². The number of nitrogens with two attached hydrogens (primary N) is 1. The molecule has 0 aliphatic heterocycles. The summed E-state index contributed by atoms with van der Waals surface area (Å²) in [5, 5.41) is 4.15. The number of aromatic nitrogens is 3. The van der Waals surface area contributed by atoms with E-state index in [0.29, 0.717) is 40.6 Å². The van der Waals surface area contributed by atoms with Gasteiger partial charge in [-0.15, -0.1) is 0 Å². The van der Waals surface area contributed by atoms with E-state index in [0.717, 1.165) is 10.2 Å². The number of amides is 1. The van der Waals surface area contributed by atoms with Crippen LogP contribution in [0.2, 0.25) is 0 Å². The predicted octanol–water partition coefficient (Wildman–Crippen LogP) is 1.99. The maximum Gasteiger partial charge on any atom is 0.257 e. The molecule has 1 aliphatic carbocycles. The van der Waals surface area contributed by atoms with Crippen LogP contribution in [-0.2, 0) is 10.0 Å². The Labute approximate surface area is 148 Å². The highest BCUT2D eigenvalue weighted by Gasteiger charge is 2.38. The topological polar surface area (TPSA) is 108 Å². The van der Waals surface area contributed by atoms with Gasteiger partial charge in [-0.1, -0.05) is 0 Å². The summed E-state index contributed by atoms with van der Waals surface area (Å²) < 4.78 is 40.0. The van der Waals surface area contributed by atoms with Crippen molar-refractivity contribution in [1.82, 2.24) is 14.2 Å². The summed E-state index contributed by atoms with van der Waals surface area (Å²) in [6.45, 7) is 1.57. The second-order valence-electron chi connectivity index (χ2n) is 6.36. The minimum atomic E-state index is -3.52. The number of primary amides is 1. The summed E-state index contributed by atoms with van der Waals surface area (Å²) in [7, 11) is -3.52. The first-order chi connectivity index (χ1) is 12.3. The monoisotopic (exact) mass is 374 g/mol. The van der Waals surface area contributed by atoms with Gasteiger partial charge < -0.3 is 5.73 Å². The fourth-order valence-corrected chi connectivity index (χ4v) is 4.47. The first-order valence-corrected chi connectivity index (χ1v) is 9.48. The molecule has 0 spiro atoms. The molecule has 0 atom stereocenters. The molecule has 2 N–H and O–H groups in total. The van der Waals surface area contributed by atoms with Crippen molar-refractivity contribution in [1.29, 1.82) is 0 Å². The number of hydrogen-bond acceptors (Lipinski definition) is 5. The van der Waals surface area contributed by atoms with E-state index >= 15 is 0 Å². The van der Waals surface area contributed by atoms with Gasteiger partial charge in [0.1, 0.15) is 11.3 Å². The highest BCUT2D eigenvalue weighted by molar-refractivity contribution is 7.90. The molecule has 26 heavy (non-hydrogen) atoms. The van der Waals surface area contributed by atoms with Crippen LogP contribution in [0.1, 0.15) is 28.8 Å². The lowest BCUT2D eigenvalue weighted by atomic mass is 10.0. The average molecular weight is 374 g/mol. The summed E-state index contributed by atoms with van der Waals surface area (Å²) in [4.78, 5) is 15.7. The Hall–Kier alpha value is -2.81. The van der Waals surface area contributed by atoms with Crippen LogP contribution < -0.4 is 5.73 Å². The van der Waals surface area contributed by atoms with Gasteiger partial charge >= 0.3 is 0 Å². The maximum atomic E-state index is 14.1. The van der Waals surface area contributed by atoms with E-state index in [9.17, 15) is 17.6 Å². The minimum absolute atomic E-state index is 0.0389. The molecular formula is C17H15FN4O3S. The van der Waals surface area contributed by atoms with Gasteiger partial charge in [-0.2, -0.15) is 9.19 Å². The van der Waals surface area contributed by atoms with Crippen molar-refractivity contribution in [3.05, 3.63) is 47.5 Å². The molecule has 1 aromatic carbocycles. The minimum Gasteiger partial charge on any atom is -0.366 e. The quantitative estimate of drug-likeness (QED) is 0.751. The number of rotatable bonds is 4. The van der Waals surface area contributed by atoms with E-state index in [-0.39, 0.29) is 5.56 Å². The molecule has 134 valence electrons. The third-order valence-corrected chi connectivity index (χ3v) is 6.60. The van der Waals surface area contributed by atoms with Crippen molar-refractivity contribution in [2.45, 2.75) is 25.0 Å². The zero-order valence-electron chi connectivity index (χ0n) is 13.8. The smallest absolute Gasteiger partial charge is 0.257 e. The van der Waals surface area contributed by atoms with Crippen LogP contribution >= 0.6 is 0 Å². The van der Waals surface area contributed by atoms with Gasteiger partial charge in [0.15, 0.2) is 0 Å². The zero-order valence-corrected chi connectivity index (χ0v) is 14.6. The third-order valence-electron chi connectivity index (χ3n) is 4.51. The highest BCUT2D eigenvalue weighted by atomic mass is 32.2. The van der Waals surface area contributed by atoms with Crippen LogP contribution in [0.25, 0.3) is 22.2 Å². The van der Waals surface area contributed by atoms with Gasteiger partial charge in [0.25, 0.3) is 10.0 Å². The summed E-state index contributed by atoms with van der Waals surface area (Å²) >= 11 is 0. The molecular weight excluding hydrogens is 359 g/mol. The van der Waals surface area contributed by atoms with Crippen molar-refractivity contribution < 1.29 is 17.6 Å². The van der Waals surface area contributed by atoms with Crippen LogP contribution in [0.4, 0.5) is 4.39 Å². The molecule has 0 saturated heterocycles. The van der Waals surface area contributed by atoms with Crippen molar-refractivity contribution in [3.8, 4) is 11.3 Å². The van der Waals surface area contributed by atoms with E-state index in [2.05, 4.69) is 10.1 Å². The standard InChI is InChI=1S/C17H15FN4O3S/c1-9-13(4-10(17(19)23)5-14(9)18)15-6-11-7-21-22(16(11)8-20-15)26(24,25)12-2-3-12/h4-8,12H,2-3H2,1H3,(H2,19,23). The number of nitrogens with zero attached hydrogens (tertiary/aromatic N) is 3. The lowest BCUT2D eigenvalue weighted by Gasteiger charge is -2.09.